The van der Waals surface area contributed by atoms with Crippen LogP contribution in [0.25, 0.3) is 0 Å². The van der Waals surface area contributed by atoms with Gasteiger partial charge in [0, 0.05) is 6.42 Å². The maximum atomic E-state index is 12.3. The molecule has 1 amide bonds. The predicted octanol–water partition coefficient (Wildman–Crippen LogP) is 2.24. The van der Waals surface area contributed by atoms with E-state index in [1.165, 1.54) is 7.11 Å². The number of carbonyl (C=O) groups is 2. The SMILES string of the molecule is COC(=O)[C@@H](Cc1ccc(C)c(C)c1)NC(=O)[C@@H](O)c1ccccc1. The average molecular weight is 341 g/mol. The van der Waals surface area contributed by atoms with Crippen molar-refractivity contribution >= 4 is 11.9 Å². The highest BCUT2D eigenvalue weighted by atomic mass is 16.5. The molecule has 0 spiro atoms. The second-order valence-corrected chi connectivity index (χ2v) is 6.02. The van der Waals surface area contributed by atoms with Crippen molar-refractivity contribution < 1.29 is 19.4 Å². The number of amides is 1. The van der Waals surface area contributed by atoms with E-state index in [-0.39, 0.29) is 0 Å². The molecule has 25 heavy (non-hydrogen) atoms. The van der Waals surface area contributed by atoms with Crippen LogP contribution < -0.4 is 5.32 Å². The van der Waals surface area contributed by atoms with Crippen LogP contribution in [0.3, 0.4) is 0 Å². The van der Waals surface area contributed by atoms with Gasteiger partial charge in [0.2, 0.25) is 0 Å². The van der Waals surface area contributed by atoms with Gasteiger partial charge in [-0.1, -0.05) is 48.5 Å². The van der Waals surface area contributed by atoms with Gasteiger partial charge in [-0.3, -0.25) is 4.79 Å². The Morgan fingerprint density at radius 1 is 1.08 bits per heavy atom. The van der Waals surface area contributed by atoms with Gasteiger partial charge in [0.05, 0.1) is 7.11 Å². The van der Waals surface area contributed by atoms with Crippen molar-refractivity contribution in [3.05, 3.63) is 70.8 Å². The first-order chi connectivity index (χ1) is 11.9. The van der Waals surface area contributed by atoms with E-state index in [9.17, 15) is 14.7 Å². The Labute approximate surface area is 147 Å². The second kappa shape index (κ2) is 8.44. The molecule has 5 heteroatoms. The fourth-order valence-electron chi connectivity index (χ4n) is 2.54. The number of benzene rings is 2. The van der Waals surface area contributed by atoms with Gasteiger partial charge in [0.15, 0.2) is 6.10 Å². The summed E-state index contributed by atoms with van der Waals surface area (Å²) in [6, 6.07) is 13.6. The molecular formula is C20H23NO4. The molecule has 0 saturated heterocycles. The fraction of sp³-hybridized carbons (Fsp3) is 0.300. The lowest BCUT2D eigenvalue weighted by molar-refractivity contribution is -0.146. The molecule has 0 aliphatic rings. The number of hydrogen-bond donors (Lipinski definition) is 2. The number of rotatable bonds is 6. The molecule has 132 valence electrons. The van der Waals surface area contributed by atoms with Crippen LogP contribution in [0, 0.1) is 13.8 Å². The first-order valence-corrected chi connectivity index (χ1v) is 8.09. The minimum Gasteiger partial charge on any atom is -0.467 e. The second-order valence-electron chi connectivity index (χ2n) is 6.02. The Morgan fingerprint density at radius 3 is 2.36 bits per heavy atom. The third-order valence-corrected chi connectivity index (χ3v) is 4.18. The molecule has 0 radical (unpaired) electrons. The maximum absolute atomic E-state index is 12.3. The minimum absolute atomic E-state index is 0.293. The van der Waals surface area contributed by atoms with Crippen LogP contribution in [0.2, 0.25) is 0 Å². The summed E-state index contributed by atoms with van der Waals surface area (Å²) in [6.45, 7) is 4.00. The van der Waals surface area contributed by atoms with Gasteiger partial charge >= 0.3 is 5.97 Å². The number of hydrogen-bond acceptors (Lipinski definition) is 4. The van der Waals surface area contributed by atoms with Crippen LogP contribution in [0.5, 0.6) is 0 Å². The normalized spacial score (nSPS) is 13.0. The van der Waals surface area contributed by atoms with E-state index in [1.807, 2.05) is 32.0 Å². The number of aliphatic hydroxyl groups is 1. The molecule has 0 aliphatic heterocycles. The van der Waals surface area contributed by atoms with Crippen LogP contribution >= 0.6 is 0 Å². The van der Waals surface area contributed by atoms with Crippen LogP contribution in [-0.4, -0.2) is 30.1 Å². The molecular weight excluding hydrogens is 318 g/mol. The number of aryl methyl sites for hydroxylation is 2. The zero-order valence-corrected chi connectivity index (χ0v) is 14.7. The molecule has 0 saturated carbocycles. The highest BCUT2D eigenvalue weighted by molar-refractivity contribution is 5.87. The standard InChI is InChI=1S/C20H23NO4/c1-13-9-10-15(11-14(13)2)12-17(20(24)25-3)21-19(23)18(22)16-7-5-4-6-8-16/h4-11,17-18,22H,12H2,1-3H3,(H,21,23)/t17-,18+/m1/s1. The Kier molecular flexibility index (Phi) is 6.31. The highest BCUT2D eigenvalue weighted by Gasteiger charge is 2.26. The summed E-state index contributed by atoms with van der Waals surface area (Å²) in [5, 5.41) is 12.8. The molecule has 5 nitrogen and oxygen atoms in total. The zero-order chi connectivity index (χ0) is 18.4. The van der Waals surface area contributed by atoms with Crippen molar-refractivity contribution in [2.45, 2.75) is 32.4 Å². The van der Waals surface area contributed by atoms with Gasteiger partial charge in [-0.2, -0.15) is 0 Å². The smallest absolute Gasteiger partial charge is 0.328 e. The first-order valence-electron chi connectivity index (χ1n) is 8.09. The topological polar surface area (TPSA) is 75.6 Å². The fourth-order valence-corrected chi connectivity index (χ4v) is 2.54. The molecule has 0 fully saturated rings. The molecule has 0 bridgehead atoms. The van der Waals surface area contributed by atoms with Crippen molar-refractivity contribution in [2.75, 3.05) is 7.11 Å². The number of ether oxygens (including phenoxy) is 1. The first kappa shape index (κ1) is 18.7. The van der Waals surface area contributed by atoms with Crippen LogP contribution in [0.1, 0.15) is 28.4 Å². The lowest BCUT2D eigenvalue weighted by atomic mass is 10.0. The lowest BCUT2D eigenvalue weighted by Gasteiger charge is -2.19. The molecule has 0 unspecified atom stereocenters. The minimum atomic E-state index is -1.34. The number of carbonyl (C=O) groups excluding carboxylic acids is 2. The van der Waals surface area contributed by atoms with E-state index in [0.717, 1.165) is 16.7 Å². The van der Waals surface area contributed by atoms with Crippen LogP contribution in [0.15, 0.2) is 48.5 Å². The van der Waals surface area contributed by atoms with E-state index in [1.54, 1.807) is 30.3 Å². The summed E-state index contributed by atoms with van der Waals surface area (Å²) in [4.78, 5) is 24.4. The Bertz CT molecular complexity index is 743. The summed E-state index contributed by atoms with van der Waals surface area (Å²) in [6.07, 6.45) is -1.05. The van der Waals surface area contributed by atoms with E-state index >= 15 is 0 Å². The summed E-state index contributed by atoms with van der Waals surface area (Å²) < 4.78 is 4.79. The highest BCUT2D eigenvalue weighted by Crippen LogP contribution is 2.15. The van der Waals surface area contributed by atoms with Crippen molar-refractivity contribution in [3.63, 3.8) is 0 Å². The summed E-state index contributed by atoms with van der Waals surface area (Å²) in [7, 11) is 1.27. The lowest BCUT2D eigenvalue weighted by Crippen LogP contribution is -2.45. The van der Waals surface area contributed by atoms with E-state index in [2.05, 4.69) is 5.32 Å². The molecule has 2 aromatic carbocycles. The van der Waals surface area contributed by atoms with Crippen molar-refractivity contribution in [1.82, 2.24) is 5.32 Å². The Balaban J connectivity index is 2.13. The molecule has 2 atom stereocenters. The van der Waals surface area contributed by atoms with Gasteiger partial charge in [-0.15, -0.1) is 0 Å². The van der Waals surface area contributed by atoms with Crippen LogP contribution in [-0.2, 0) is 20.7 Å². The summed E-state index contributed by atoms with van der Waals surface area (Å²) in [5.41, 5.74) is 3.64. The van der Waals surface area contributed by atoms with Gasteiger partial charge in [-0.25, -0.2) is 4.79 Å². The maximum Gasteiger partial charge on any atom is 0.328 e. The molecule has 0 heterocycles. The van der Waals surface area contributed by atoms with Crippen molar-refractivity contribution in [3.8, 4) is 0 Å². The Morgan fingerprint density at radius 2 is 1.76 bits per heavy atom. The zero-order valence-electron chi connectivity index (χ0n) is 14.7. The van der Waals surface area contributed by atoms with Gasteiger partial charge in [0.1, 0.15) is 6.04 Å². The molecule has 0 aromatic heterocycles. The molecule has 2 aromatic rings. The van der Waals surface area contributed by atoms with E-state index in [4.69, 9.17) is 4.74 Å². The van der Waals surface area contributed by atoms with Crippen molar-refractivity contribution in [2.24, 2.45) is 0 Å². The average Bonchev–Trinajstić information content (AvgIpc) is 2.63. The van der Waals surface area contributed by atoms with Gasteiger partial charge in [0.25, 0.3) is 5.91 Å². The van der Waals surface area contributed by atoms with Crippen molar-refractivity contribution in [1.29, 1.82) is 0 Å². The van der Waals surface area contributed by atoms with E-state index < -0.39 is 24.0 Å². The Hall–Kier alpha value is -2.66. The van der Waals surface area contributed by atoms with Gasteiger partial charge in [-0.05, 0) is 36.1 Å². The summed E-state index contributed by atoms with van der Waals surface area (Å²) in [5.74, 6) is -1.18. The number of aliphatic hydroxyl groups excluding tert-OH is 1. The van der Waals surface area contributed by atoms with Crippen LogP contribution in [0.4, 0.5) is 0 Å². The largest absolute Gasteiger partial charge is 0.467 e. The molecule has 0 aliphatic carbocycles. The predicted molar refractivity (Wildman–Crippen MR) is 95.0 cm³/mol. The number of esters is 1. The third kappa shape index (κ3) is 4.90. The summed E-state index contributed by atoms with van der Waals surface area (Å²) >= 11 is 0. The quantitative estimate of drug-likeness (QED) is 0.790. The number of nitrogens with one attached hydrogen (secondary N) is 1. The number of methoxy groups -OCH3 is 1. The monoisotopic (exact) mass is 341 g/mol. The molecule has 2 N–H and O–H groups in total. The molecule has 2 rings (SSSR count). The van der Waals surface area contributed by atoms with E-state index in [0.29, 0.717) is 12.0 Å². The third-order valence-electron chi connectivity index (χ3n) is 4.18. The van der Waals surface area contributed by atoms with Gasteiger partial charge < -0.3 is 15.2 Å².